The van der Waals surface area contributed by atoms with Crippen molar-refractivity contribution in [2.45, 2.75) is 19.8 Å². The van der Waals surface area contributed by atoms with E-state index in [9.17, 15) is 9.59 Å². The minimum absolute atomic E-state index is 0.0451. The van der Waals surface area contributed by atoms with Crippen LogP contribution >= 0.6 is 0 Å². The monoisotopic (exact) mass is 290 g/mol. The minimum Gasteiger partial charge on any atom is -0.481 e. The van der Waals surface area contributed by atoms with Gasteiger partial charge in [-0.1, -0.05) is 25.1 Å². The Labute approximate surface area is 125 Å². The van der Waals surface area contributed by atoms with Crippen LogP contribution in [0.4, 0.5) is 5.69 Å². The highest BCUT2D eigenvalue weighted by atomic mass is 16.4. The van der Waals surface area contributed by atoms with E-state index in [0.29, 0.717) is 18.9 Å². The van der Waals surface area contributed by atoms with Crippen molar-refractivity contribution in [3.05, 3.63) is 30.3 Å². The van der Waals surface area contributed by atoms with Crippen LogP contribution in [0.15, 0.2) is 30.3 Å². The first-order valence-electron chi connectivity index (χ1n) is 7.38. The number of anilines is 1. The summed E-state index contributed by atoms with van der Waals surface area (Å²) in [5.74, 6) is -0.413. The fourth-order valence-electron chi connectivity index (χ4n) is 2.47. The molecular weight excluding hydrogens is 268 g/mol. The largest absolute Gasteiger partial charge is 0.481 e. The highest BCUT2D eigenvalue weighted by molar-refractivity contribution is 5.95. The zero-order chi connectivity index (χ0) is 15.2. The second-order valence-corrected chi connectivity index (χ2v) is 5.53. The van der Waals surface area contributed by atoms with E-state index in [4.69, 9.17) is 5.11 Å². The number of para-hydroxylation sites is 1. The van der Waals surface area contributed by atoms with Crippen molar-refractivity contribution in [3.63, 3.8) is 0 Å². The number of amides is 1. The second-order valence-electron chi connectivity index (χ2n) is 5.53. The zero-order valence-electron chi connectivity index (χ0n) is 12.3. The number of hydrogen-bond acceptors (Lipinski definition) is 3. The Morgan fingerprint density at radius 1 is 1.33 bits per heavy atom. The van der Waals surface area contributed by atoms with Crippen LogP contribution in [0.25, 0.3) is 0 Å². The van der Waals surface area contributed by atoms with Crippen molar-refractivity contribution in [1.82, 2.24) is 5.32 Å². The van der Waals surface area contributed by atoms with Gasteiger partial charge < -0.3 is 15.3 Å². The van der Waals surface area contributed by atoms with Crippen molar-refractivity contribution in [2.24, 2.45) is 11.8 Å². The molecule has 1 aliphatic rings. The van der Waals surface area contributed by atoms with E-state index in [1.165, 1.54) is 0 Å². The summed E-state index contributed by atoms with van der Waals surface area (Å²) in [6.45, 7) is 4.16. The Morgan fingerprint density at radius 3 is 2.52 bits per heavy atom. The predicted molar refractivity (Wildman–Crippen MR) is 81.2 cm³/mol. The lowest BCUT2D eigenvalue weighted by Crippen LogP contribution is -2.50. The quantitative estimate of drug-likeness (QED) is 0.802. The standard InChI is InChI=1S/C16H22N2O3/c1-12(13-10-17-11-13)16(21)18(9-5-8-15(19)20)14-6-3-2-4-7-14/h2-4,6-7,12-13,17H,5,8-11H2,1H3,(H,19,20). The molecule has 5 nitrogen and oxygen atoms in total. The van der Waals surface area contributed by atoms with Gasteiger partial charge in [-0.15, -0.1) is 0 Å². The van der Waals surface area contributed by atoms with Crippen LogP contribution in [-0.2, 0) is 9.59 Å². The summed E-state index contributed by atoms with van der Waals surface area (Å²) in [7, 11) is 0. The SMILES string of the molecule is CC(C(=O)N(CCCC(=O)O)c1ccccc1)C1CNC1. The molecule has 0 saturated carbocycles. The highest BCUT2D eigenvalue weighted by Gasteiger charge is 2.32. The van der Waals surface area contributed by atoms with Crippen LogP contribution in [-0.4, -0.2) is 36.6 Å². The molecule has 2 rings (SSSR count). The number of carbonyl (C=O) groups is 2. The lowest BCUT2D eigenvalue weighted by atomic mass is 9.87. The van der Waals surface area contributed by atoms with Crippen molar-refractivity contribution in [2.75, 3.05) is 24.5 Å². The maximum atomic E-state index is 12.7. The van der Waals surface area contributed by atoms with Crippen LogP contribution in [0.1, 0.15) is 19.8 Å². The number of benzene rings is 1. The Hall–Kier alpha value is -1.88. The second kappa shape index (κ2) is 7.22. The van der Waals surface area contributed by atoms with E-state index in [-0.39, 0.29) is 18.2 Å². The molecule has 1 saturated heterocycles. The van der Waals surface area contributed by atoms with Gasteiger partial charge in [-0.2, -0.15) is 0 Å². The van der Waals surface area contributed by atoms with Crippen molar-refractivity contribution in [3.8, 4) is 0 Å². The lowest BCUT2D eigenvalue weighted by Gasteiger charge is -2.35. The summed E-state index contributed by atoms with van der Waals surface area (Å²) in [5, 5.41) is 12.0. The molecule has 1 unspecified atom stereocenters. The molecule has 1 aromatic carbocycles. The van der Waals surface area contributed by atoms with Gasteiger partial charge in [0, 0.05) is 24.6 Å². The van der Waals surface area contributed by atoms with Gasteiger partial charge in [0.05, 0.1) is 0 Å². The Morgan fingerprint density at radius 2 is 2.00 bits per heavy atom. The molecule has 1 amide bonds. The van der Waals surface area contributed by atoms with E-state index in [1.54, 1.807) is 4.90 Å². The summed E-state index contributed by atoms with van der Waals surface area (Å²) in [6.07, 6.45) is 0.543. The fourth-order valence-corrected chi connectivity index (χ4v) is 2.47. The maximum Gasteiger partial charge on any atom is 0.303 e. The molecule has 21 heavy (non-hydrogen) atoms. The topological polar surface area (TPSA) is 69.6 Å². The molecule has 0 aromatic heterocycles. The molecule has 1 aromatic rings. The van der Waals surface area contributed by atoms with Gasteiger partial charge in [0.15, 0.2) is 0 Å². The van der Waals surface area contributed by atoms with Crippen LogP contribution < -0.4 is 10.2 Å². The Balaban J connectivity index is 2.06. The molecule has 5 heteroatoms. The van der Waals surface area contributed by atoms with Gasteiger partial charge in [-0.05, 0) is 37.6 Å². The molecule has 1 atom stereocenters. The Kier molecular flexibility index (Phi) is 5.33. The maximum absolute atomic E-state index is 12.7. The molecular formula is C16H22N2O3. The van der Waals surface area contributed by atoms with E-state index < -0.39 is 5.97 Å². The van der Waals surface area contributed by atoms with Crippen molar-refractivity contribution < 1.29 is 14.7 Å². The summed E-state index contributed by atoms with van der Waals surface area (Å²) >= 11 is 0. The number of nitrogens with one attached hydrogen (secondary N) is 1. The zero-order valence-corrected chi connectivity index (χ0v) is 12.3. The third-order valence-corrected chi connectivity index (χ3v) is 4.02. The van der Waals surface area contributed by atoms with E-state index in [1.807, 2.05) is 37.3 Å². The number of rotatable bonds is 7. The first kappa shape index (κ1) is 15.5. The molecule has 114 valence electrons. The van der Waals surface area contributed by atoms with Gasteiger partial charge in [0.2, 0.25) is 5.91 Å². The third kappa shape index (κ3) is 4.04. The normalized spacial score (nSPS) is 16.0. The summed E-state index contributed by atoms with van der Waals surface area (Å²) in [5.41, 5.74) is 0.840. The van der Waals surface area contributed by atoms with Crippen molar-refractivity contribution in [1.29, 1.82) is 0 Å². The first-order valence-corrected chi connectivity index (χ1v) is 7.38. The number of carbonyl (C=O) groups excluding carboxylic acids is 1. The van der Waals surface area contributed by atoms with Gasteiger partial charge in [-0.25, -0.2) is 0 Å². The first-order chi connectivity index (χ1) is 10.1. The smallest absolute Gasteiger partial charge is 0.303 e. The van der Waals surface area contributed by atoms with E-state index in [2.05, 4.69) is 5.32 Å². The van der Waals surface area contributed by atoms with Crippen LogP contribution in [0.5, 0.6) is 0 Å². The molecule has 0 bridgehead atoms. The molecule has 0 aliphatic carbocycles. The van der Waals surface area contributed by atoms with Crippen LogP contribution in [0.2, 0.25) is 0 Å². The van der Waals surface area contributed by atoms with Crippen LogP contribution in [0.3, 0.4) is 0 Å². The fraction of sp³-hybridized carbons (Fsp3) is 0.500. The highest BCUT2D eigenvalue weighted by Crippen LogP contribution is 2.23. The van der Waals surface area contributed by atoms with E-state index >= 15 is 0 Å². The summed E-state index contributed by atoms with van der Waals surface area (Å²) in [6, 6.07) is 9.47. The van der Waals surface area contributed by atoms with Crippen molar-refractivity contribution >= 4 is 17.6 Å². The lowest BCUT2D eigenvalue weighted by molar-refractivity contribution is -0.137. The molecule has 1 aliphatic heterocycles. The van der Waals surface area contributed by atoms with Crippen LogP contribution in [0, 0.1) is 11.8 Å². The minimum atomic E-state index is -0.827. The summed E-state index contributed by atoms with van der Waals surface area (Å²) < 4.78 is 0. The number of hydrogen-bond donors (Lipinski definition) is 2. The van der Waals surface area contributed by atoms with Gasteiger partial charge in [0.1, 0.15) is 0 Å². The Bertz CT molecular complexity index is 486. The number of carboxylic acid groups (broad SMARTS) is 1. The van der Waals surface area contributed by atoms with E-state index in [0.717, 1.165) is 18.8 Å². The molecule has 1 heterocycles. The van der Waals surface area contributed by atoms with Gasteiger partial charge in [0.25, 0.3) is 0 Å². The average molecular weight is 290 g/mol. The molecule has 0 radical (unpaired) electrons. The molecule has 2 N–H and O–H groups in total. The number of carboxylic acids is 1. The van der Waals surface area contributed by atoms with Gasteiger partial charge >= 0.3 is 5.97 Å². The van der Waals surface area contributed by atoms with Gasteiger partial charge in [-0.3, -0.25) is 9.59 Å². The molecule has 0 spiro atoms. The molecule has 1 fully saturated rings. The number of aliphatic carboxylic acids is 1. The third-order valence-electron chi connectivity index (χ3n) is 4.02. The number of nitrogens with zero attached hydrogens (tertiary/aromatic N) is 1. The summed E-state index contributed by atoms with van der Waals surface area (Å²) in [4.78, 5) is 25.1. The average Bonchev–Trinajstić information content (AvgIpc) is 2.41. The predicted octanol–water partition coefficient (Wildman–Crippen LogP) is 1.74.